The van der Waals surface area contributed by atoms with Gasteiger partial charge in [0.15, 0.2) is 0 Å². The Bertz CT molecular complexity index is 220. The number of thioether (sulfide) groups is 1. The number of nitrogens with two attached hydrogens (primary N) is 1. The van der Waals surface area contributed by atoms with E-state index in [1.807, 2.05) is 20.1 Å². The fourth-order valence-electron chi connectivity index (χ4n) is 1.39. The van der Waals surface area contributed by atoms with E-state index in [9.17, 15) is 9.90 Å². The van der Waals surface area contributed by atoms with E-state index < -0.39 is 11.6 Å². The molecule has 0 radical (unpaired) electrons. The third-order valence-electron chi connectivity index (χ3n) is 2.16. The first-order valence-electron chi connectivity index (χ1n) is 5.53. The second-order valence-corrected chi connectivity index (χ2v) is 5.75. The van der Waals surface area contributed by atoms with Crippen LogP contribution in [-0.4, -0.2) is 41.2 Å². The molecule has 2 atom stereocenters. The van der Waals surface area contributed by atoms with Crippen molar-refractivity contribution in [3.8, 4) is 0 Å². The van der Waals surface area contributed by atoms with Crippen molar-refractivity contribution in [3.05, 3.63) is 0 Å². The lowest BCUT2D eigenvalue weighted by Crippen LogP contribution is -2.48. The van der Waals surface area contributed by atoms with E-state index in [0.29, 0.717) is 18.1 Å². The number of rotatable bonds is 7. The summed E-state index contributed by atoms with van der Waals surface area (Å²) in [5.74, 6) is 0.801. The summed E-state index contributed by atoms with van der Waals surface area (Å²) < 4.78 is 0. The molecular weight excluding hydrogens is 224 g/mol. The molecule has 0 aromatic heterocycles. The highest BCUT2D eigenvalue weighted by Crippen LogP contribution is 2.09. The molecule has 0 aliphatic rings. The van der Waals surface area contributed by atoms with Gasteiger partial charge < -0.3 is 16.2 Å². The molecule has 96 valence electrons. The minimum Gasteiger partial charge on any atom is -0.387 e. The Hall–Kier alpha value is -0.260. The molecule has 2 unspecified atom stereocenters. The highest BCUT2D eigenvalue weighted by atomic mass is 32.2. The summed E-state index contributed by atoms with van der Waals surface area (Å²) in [6, 6.07) is -0.481. The third-order valence-corrected chi connectivity index (χ3v) is 3.07. The predicted molar refractivity (Wildman–Crippen MR) is 69.4 cm³/mol. The van der Waals surface area contributed by atoms with Crippen LogP contribution < -0.4 is 11.1 Å². The molecule has 0 fully saturated rings. The van der Waals surface area contributed by atoms with Gasteiger partial charge in [-0.05, 0) is 25.5 Å². The zero-order valence-electron chi connectivity index (χ0n) is 10.6. The molecule has 4 nitrogen and oxygen atoms in total. The van der Waals surface area contributed by atoms with Crippen LogP contribution in [0.1, 0.15) is 27.2 Å². The lowest BCUT2D eigenvalue weighted by Gasteiger charge is -2.23. The van der Waals surface area contributed by atoms with Crippen molar-refractivity contribution < 1.29 is 9.90 Å². The van der Waals surface area contributed by atoms with Crippen molar-refractivity contribution in [3.63, 3.8) is 0 Å². The molecule has 0 aliphatic heterocycles. The van der Waals surface area contributed by atoms with E-state index in [4.69, 9.17) is 5.73 Å². The van der Waals surface area contributed by atoms with Crippen molar-refractivity contribution in [2.24, 2.45) is 11.7 Å². The SMILES string of the molecule is CSCC(C)(O)CNC(=O)C(N)CC(C)C. The maximum Gasteiger partial charge on any atom is 0.237 e. The van der Waals surface area contributed by atoms with Gasteiger partial charge in [-0.2, -0.15) is 11.8 Å². The standard InChI is InChI=1S/C11H24N2O2S/c1-8(2)5-9(12)10(14)13-6-11(3,15)7-16-4/h8-9,15H,5-7,12H2,1-4H3,(H,13,14). The number of carbonyl (C=O) groups is 1. The van der Waals surface area contributed by atoms with Gasteiger partial charge in [-0.15, -0.1) is 0 Å². The summed E-state index contributed by atoms with van der Waals surface area (Å²) in [5, 5.41) is 12.5. The van der Waals surface area contributed by atoms with Crippen LogP contribution >= 0.6 is 11.8 Å². The molecule has 0 spiro atoms. The average molecular weight is 248 g/mol. The fraction of sp³-hybridized carbons (Fsp3) is 0.909. The molecule has 0 aliphatic carbocycles. The van der Waals surface area contributed by atoms with Gasteiger partial charge in [0.25, 0.3) is 0 Å². The third kappa shape index (κ3) is 7.09. The summed E-state index contributed by atoms with van der Waals surface area (Å²) in [6.45, 7) is 6.00. The number of amides is 1. The molecule has 0 aromatic rings. The molecule has 0 rings (SSSR count). The summed E-state index contributed by atoms with van der Waals surface area (Å²) in [4.78, 5) is 11.6. The second-order valence-electron chi connectivity index (χ2n) is 4.88. The molecule has 1 amide bonds. The van der Waals surface area contributed by atoms with E-state index >= 15 is 0 Å². The van der Waals surface area contributed by atoms with Gasteiger partial charge in [0, 0.05) is 12.3 Å². The Morgan fingerprint density at radius 3 is 2.56 bits per heavy atom. The summed E-state index contributed by atoms with van der Waals surface area (Å²) in [6.07, 6.45) is 2.58. The van der Waals surface area contributed by atoms with Crippen molar-refractivity contribution in [2.75, 3.05) is 18.6 Å². The van der Waals surface area contributed by atoms with Gasteiger partial charge >= 0.3 is 0 Å². The van der Waals surface area contributed by atoms with E-state index in [0.717, 1.165) is 0 Å². The Morgan fingerprint density at radius 2 is 2.12 bits per heavy atom. The van der Waals surface area contributed by atoms with E-state index in [-0.39, 0.29) is 12.5 Å². The normalized spacial score (nSPS) is 16.9. The second kappa shape index (κ2) is 7.14. The van der Waals surface area contributed by atoms with Crippen molar-refractivity contribution in [1.82, 2.24) is 5.32 Å². The number of nitrogens with one attached hydrogen (secondary N) is 1. The van der Waals surface area contributed by atoms with E-state index in [2.05, 4.69) is 5.32 Å². The maximum absolute atomic E-state index is 11.6. The highest BCUT2D eigenvalue weighted by molar-refractivity contribution is 7.98. The summed E-state index contributed by atoms with van der Waals surface area (Å²) >= 11 is 1.55. The molecule has 4 N–H and O–H groups in total. The largest absolute Gasteiger partial charge is 0.387 e. The van der Waals surface area contributed by atoms with Crippen LogP contribution in [0, 0.1) is 5.92 Å². The molecule has 0 saturated heterocycles. The molecular formula is C11H24N2O2S. The number of aliphatic hydroxyl groups is 1. The summed E-state index contributed by atoms with van der Waals surface area (Å²) in [7, 11) is 0. The minimum absolute atomic E-state index is 0.185. The lowest BCUT2D eigenvalue weighted by atomic mass is 10.0. The van der Waals surface area contributed by atoms with Gasteiger partial charge in [0.1, 0.15) is 0 Å². The monoisotopic (exact) mass is 248 g/mol. The van der Waals surface area contributed by atoms with Gasteiger partial charge in [0.05, 0.1) is 11.6 Å². The van der Waals surface area contributed by atoms with Gasteiger partial charge in [-0.3, -0.25) is 4.79 Å². The molecule has 0 saturated carbocycles. The lowest BCUT2D eigenvalue weighted by molar-refractivity contribution is -0.123. The number of hydrogen-bond donors (Lipinski definition) is 3. The number of hydrogen-bond acceptors (Lipinski definition) is 4. The van der Waals surface area contributed by atoms with Gasteiger partial charge in [0.2, 0.25) is 5.91 Å². The van der Waals surface area contributed by atoms with Crippen LogP contribution in [0.3, 0.4) is 0 Å². The Balaban J connectivity index is 3.97. The smallest absolute Gasteiger partial charge is 0.237 e. The van der Waals surface area contributed by atoms with Crippen LogP contribution in [0.2, 0.25) is 0 Å². The first-order valence-corrected chi connectivity index (χ1v) is 6.92. The van der Waals surface area contributed by atoms with Gasteiger partial charge in [-0.25, -0.2) is 0 Å². The van der Waals surface area contributed by atoms with E-state index in [1.54, 1.807) is 18.7 Å². The summed E-state index contributed by atoms with van der Waals surface area (Å²) in [5.41, 5.74) is 4.85. The van der Waals surface area contributed by atoms with Crippen molar-refractivity contribution in [2.45, 2.75) is 38.8 Å². The minimum atomic E-state index is -0.868. The topological polar surface area (TPSA) is 75.3 Å². The first kappa shape index (κ1) is 15.7. The van der Waals surface area contributed by atoms with Crippen LogP contribution in [-0.2, 0) is 4.79 Å². The van der Waals surface area contributed by atoms with Crippen molar-refractivity contribution >= 4 is 17.7 Å². The Labute approximate surface area is 102 Å². The molecule has 5 heteroatoms. The molecule has 0 aromatic carbocycles. The van der Waals surface area contributed by atoms with Crippen molar-refractivity contribution in [1.29, 1.82) is 0 Å². The van der Waals surface area contributed by atoms with Crippen LogP contribution in [0.5, 0.6) is 0 Å². The Kier molecular flexibility index (Phi) is 7.03. The first-order chi connectivity index (χ1) is 7.28. The van der Waals surface area contributed by atoms with Crippen LogP contribution in [0.4, 0.5) is 0 Å². The van der Waals surface area contributed by atoms with Gasteiger partial charge in [-0.1, -0.05) is 13.8 Å². The quantitative estimate of drug-likeness (QED) is 0.616. The number of carbonyl (C=O) groups excluding carboxylic acids is 1. The predicted octanol–water partition coefficient (Wildman–Crippen LogP) is 0.590. The molecule has 16 heavy (non-hydrogen) atoms. The molecule has 0 heterocycles. The van der Waals surface area contributed by atoms with Crippen LogP contribution in [0.15, 0.2) is 0 Å². The fourth-order valence-corrected chi connectivity index (χ4v) is 2.11. The average Bonchev–Trinajstić information content (AvgIpc) is 2.13. The Morgan fingerprint density at radius 1 is 1.56 bits per heavy atom. The maximum atomic E-state index is 11.6. The van der Waals surface area contributed by atoms with Crippen LogP contribution in [0.25, 0.3) is 0 Å². The zero-order valence-corrected chi connectivity index (χ0v) is 11.4. The zero-order chi connectivity index (χ0) is 12.8. The molecule has 0 bridgehead atoms. The van der Waals surface area contributed by atoms with E-state index in [1.165, 1.54) is 0 Å². The highest BCUT2D eigenvalue weighted by Gasteiger charge is 2.22.